The Morgan fingerprint density at radius 1 is 1.44 bits per heavy atom. The average Bonchev–Trinajstić information content (AvgIpc) is 2.35. The summed E-state index contributed by atoms with van der Waals surface area (Å²) in [5, 5.41) is 3.44. The van der Waals surface area contributed by atoms with Crippen LogP contribution in [-0.4, -0.2) is 37.4 Å². The zero-order valence-electron chi connectivity index (χ0n) is 11.1. The fourth-order valence-corrected chi connectivity index (χ4v) is 2.04. The number of nitrogens with one attached hydrogen (secondary N) is 1. The van der Waals surface area contributed by atoms with Gasteiger partial charge < -0.3 is 10.1 Å². The summed E-state index contributed by atoms with van der Waals surface area (Å²) >= 11 is 0. The third kappa shape index (κ3) is 6.07. The highest BCUT2D eigenvalue weighted by molar-refractivity contribution is 6.26. The van der Waals surface area contributed by atoms with Gasteiger partial charge in [0, 0.05) is 12.6 Å². The number of rotatable bonds is 7. The van der Waals surface area contributed by atoms with E-state index in [0.29, 0.717) is 18.9 Å². The number of ether oxygens (including phenoxy) is 1. The maximum atomic E-state index is 11.0. The summed E-state index contributed by atoms with van der Waals surface area (Å²) in [6.45, 7) is 2.80. The Hall–Kier alpha value is -1.00. The lowest BCUT2D eigenvalue weighted by atomic mass is 10.0. The smallest absolute Gasteiger partial charge is 0.223 e. The van der Waals surface area contributed by atoms with Crippen LogP contribution >= 0.6 is 0 Å². The fraction of sp³-hybridized carbons (Fsp3) is 0.714. The van der Waals surface area contributed by atoms with Gasteiger partial charge in [0.15, 0.2) is 6.29 Å². The van der Waals surface area contributed by atoms with Crippen LogP contribution in [0.2, 0.25) is 0 Å². The SMILES string of the molecule is CC(OCCNC1CCC=CCCC1)C(=O)C=O. The van der Waals surface area contributed by atoms with E-state index in [1.54, 1.807) is 6.92 Å². The van der Waals surface area contributed by atoms with E-state index in [9.17, 15) is 9.59 Å². The summed E-state index contributed by atoms with van der Waals surface area (Å²) < 4.78 is 5.28. The van der Waals surface area contributed by atoms with E-state index in [0.717, 1.165) is 19.4 Å². The van der Waals surface area contributed by atoms with E-state index in [1.165, 1.54) is 19.3 Å². The summed E-state index contributed by atoms with van der Waals surface area (Å²) in [6.07, 6.45) is 10.0. The molecular formula is C14H23NO3. The van der Waals surface area contributed by atoms with Gasteiger partial charge >= 0.3 is 0 Å². The Bertz CT molecular complexity index is 289. The molecule has 0 saturated carbocycles. The Morgan fingerprint density at radius 3 is 3.00 bits per heavy atom. The highest BCUT2D eigenvalue weighted by Gasteiger charge is 2.12. The van der Waals surface area contributed by atoms with Crippen molar-refractivity contribution in [2.24, 2.45) is 0 Å². The molecule has 0 aliphatic heterocycles. The van der Waals surface area contributed by atoms with E-state index in [-0.39, 0.29) is 0 Å². The minimum atomic E-state index is -0.621. The molecule has 2 atom stereocenters. The van der Waals surface area contributed by atoms with Crippen molar-refractivity contribution in [2.45, 2.75) is 51.2 Å². The average molecular weight is 253 g/mol. The Balaban J connectivity index is 2.11. The van der Waals surface area contributed by atoms with Crippen LogP contribution in [0.15, 0.2) is 12.2 Å². The lowest BCUT2D eigenvalue weighted by Crippen LogP contribution is -2.34. The second kappa shape index (κ2) is 9.00. The van der Waals surface area contributed by atoms with Crippen molar-refractivity contribution in [3.05, 3.63) is 12.2 Å². The van der Waals surface area contributed by atoms with Crippen molar-refractivity contribution in [3.63, 3.8) is 0 Å². The standard InChI is InChI=1S/C14H23NO3/c1-12(14(17)11-16)18-10-9-15-13-7-5-3-2-4-6-8-13/h2-3,11-13,15H,4-10H2,1H3. The van der Waals surface area contributed by atoms with E-state index in [2.05, 4.69) is 17.5 Å². The minimum Gasteiger partial charge on any atom is -0.369 e. The summed E-state index contributed by atoms with van der Waals surface area (Å²) in [7, 11) is 0. The molecular weight excluding hydrogens is 230 g/mol. The van der Waals surface area contributed by atoms with Gasteiger partial charge in [-0.25, -0.2) is 0 Å². The Labute approximate surface area is 109 Å². The second-order valence-corrected chi connectivity index (χ2v) is 4.66. The molecule has 1 rings (SSSR count). The van der Waals surface area contributed by atoms with Gasteiger partial charge in [0.2, 0.25) is 5.78 Å². The van der Waals surface area contributed by atoms with Crippen LogP contribution in [0.25, 0.3) is 0 Å². The number of hydrogen-bond acceptors (Lipinski definition) is 4. The van der Waals surface area contributed by atoms with Gasteiger partial charge in [0.25, 0.3) is 0 Å². The molecule has 0 aromatic rings. The van der Waals surface area contributed by atoms with Gasteiger partial charge in [-0.3, -0.25) is 9.59 Å². The molecule has 1 N–H and O–H groups in total. The largest absolute Gasteiger partial charge is 0.369 e. The van der Waals surface area contributed by atoms with Crippen molar-refractivity contribution in [1.29, 1.82) is 0 Å². The number of ketones is 1. The maximum Gasteiger partial charge on any atom is 0.223 e. The maximum absolute atomic E-state index is 11.0. The third-order valence-corrected chi connectivity index (χ3v) is 3.19. The molecule has 0 saturated heterocycles. The first-order valence-electron chi connectivity index (χ1n) is 6.73. The van der Waals surface area contributed by atoms with E-state index >= 15 is 0 Å². The molecule has 18 heavy (non-hydrogen) atoms. The van der Waals surface area contributed by atoms with Crippen LogP contribution in [0, 0.1) is 0 Å². The van der Waals surface area contributed by atoms with Crippen molar-refractivity contribution in [2.75, 3.05) is 13.2 Å². The van der Waals surface area contributed by atoms with Crippen LogP contribution in [0.4, 0.5) is 0 Å². The topological polar surface area (TPSA) is 55.4 Å². The Kier molecular flexibility index (Phi) is 7.53. The number of carbonyl (C=O) groups excluding carboxylic acids is 2. The number of carbonyl (C=O) groups is 2. The third-order valence-electron chi connectivity index (χ3n) is 3.19. The Morgan fingerprint density at radius 2 is 2.22 bits per heavy atom. The highest BCUT2D eigenvalue weighted by Crippen LogP contribution is 2.11. The van der Waals surface area contributed by atoms with E-state index < -0.39 is 11.9 Å². The zero-order valence-corrected chi connectivity index (χ0v) is 11.1. The molecule has 4 nitrogen and oxygen atoms in total. The van der Waals surface area contributed by atoms with Gasteiger partial charge in [-0.15, -0.1) is 0 Å². The minimum absolute atomic E-state index is 0.319. The predicted octanol–water partition coefficient (Wildman–Crippen LogP) is 1.64. The van der Waals surface area contributed by atoms with Crippen molar-refractivity contribution in [1.82, 2.24) is 5.32 Å². The lowest BCUT2D eigenvalue weighted by molar-refractivity contribution is -0.137. The lowest BCUT2D eigenvalue weighted by Gasteiger charge is -2.19. The molecule has 0 spiro atoms. The first-order chi connectivity index (χ1) is 8.74. The van der Waals surface area contributed by atoms with Gasteiger partial charge in [-0.05, 0) is 39.0 Å². The van der Waals surface area contributed by atoms with Crippen LogP contribution in [0.5, 0.6) is 0 Å². The van der Waals surface area contributed by atoms with Crippen LogP contribution in [0.1, 0.15) is 39.0 Å². The molecule has 0 heterocycles. The molecule has 0 aromatic carbocycles. The van der Waals surface area contributed by atoms with Crippen LogP contribution in [0.3, 0.4) is 0 Å². The van der Waals surface area contributed by atoms with E-state index in [1.807, 2.05) is 0 Å². The van der Waals surface area contributed by atoms with Gasteiger partial charge in [-0.1, -0.05) is 12.2 Å². The van der Waals surface area contributed by atoms with Crippen molar-refractivity contribution < 1.29 is 14.3 Å². The van der Waals surface area contributed by atoms with Crippen LogP contribution < -0.4 is 5.32 Å². The van der Waals surface area contributed by atoms with Gasteiger partial charge in [-0.2, -0.15) is 0 Å². The van der Waals surface area contributed by atoms with Crippen molar-refractivity contribution >= 4 is 12.1 Å². The number of hydrogen-bond donors (Lipinski definition) is 1. The molecule has 1 aliphatic rings. The first-order valence-corrected chi connectivity index (χ1v) is 6.73. The zero-order chi connectivity index (χ0) is 13.2. The molecule has 102 valence electrons. The summed E-state index contributed by atoms with van der Waals surface area (Å²) in [6, 6.07) is 0.538. The molecule has 0 bridgehead atoms. The number of Topliss-reactive ketones (excluding diaryl/α,β-unsaturated/α-hetero) is 1. The molecule has 0 aromatic heterocycles. The quantitative estimate of drug-likeness (QED) is 0.324. The highest BCUT2D eigenvalue weighted by atomic mass is 16.5. The summed E-state index contributed by atoms with van der Waals surface area (Å²) in [5.74, 6) is -0.494. The molecule has 0 amide bonds. The first kappa shape index (κ1) is 15.1. The van der Waals surface area contributed by atoms with Gasteiger partial charge in [0.05, 0.1) is 6.61 Å². The summed E-state index contributed by atoms with van der Waals surface area (Å²) in [4.78, 5) is 21.2. The molecule has 0 fully saturated rings. The number of aldehydes is 1. The predicted molar refractivity (Wildman–Crippen MR) is 70.5 cm³/mol. The summed E-state index contributed by atoms with van der Waals surface area (Å²) in [5.41, 5.74) is 0. The monoisotopic (exact) mass is 253 g/mol. The van der Waals surface area contributed by atoms with Crippen LogP contribution in [-0.2, 0) is 14.3 Å². The van der Waals surface area contributed by atoms with E-state index in [4.69, 9.17) is 4.74 Å². The van der Waals surface area contributed by atoms with Crippen molar-refractivity contribution in [3.8, 4) is 0 Å². The normalized spacial score (nSPS) is 21.9. The second-order valence-electron chi connectivity index (χ2n) is 4.66. The molecule has 1 aliphatic carbocycles. The molecule has 2 unspecified atom stereocenters. The molecule has 0 radical (unpaired) electrons. The fourth-order valence-electron chi connectivity index (χ4n) is 2.04. The molecule has 4 heteroatoms. The number of allylic oxidation sites excluding steroid dienone is 2. The van der Waals surface area contributed by atoms with Gasteiger partial charge in [0.1, 0.15) is 6.10 Å².